The number of aryl methyl sites for hydroxylation is 2. The summed E-state index contributed by atoms with van der Waals surface area (Å²) in [7, 11) is 2.10. The minimum atomic E-state index is 0.359. The predicted molar refractivity (Wildman–Crippen MR) is 82.4 cm³/mol. The number of likely N-dealkylation sites (tertiary alicyclic amines) is 1. The van der Waals surface area contributed by atoms with E-state index in [1.165, 1.54) is 5.69 Å². The number of piperidine rings is 1. The van der Waals surface area contributed by atoms with Crippen LogP contribution in [0.25, 0.3) is 0 Å². The zero-order chi connectivity index (χ0) is 15.4. The van der Waals surface area contributed by atoms with Gasteiger partial charge >= 0.3 is 0 Å². The van der Waals surface area contributed by atoms with Crippen LogP contribution in [0.15, 0.2) is 22.9 Å². The van der Waals surface area contributed by atoms with Crippen molar-refractivity contribution in [2.45, 2.75) is 38.8 Å². The molecule has 0 N–H and O–H groups in total. The molecule has 0 aromatic carbocycles. The summed E-state index contributed by atoms with van der Waals surface area (Å²) in [6.45, 7) is 5.69. The number of hydrogen-bond acceptors (Lipinski definition) is 5. The Hall–Kier alpha value is -1.66. The first kappa shape index (κ1) is 15.2. The molecule has 0 unspecified atom stereocenters. The summed E-state index contributed by atoms with van der Waals surface area (Å²) >= 11 is 0. The first-order valence-electron chi connectivity index (χ1n) is 7.94. The van der Waals surface area contributed by atoms with Crippen LogP contribution in [0.2, 0.25) is 0 Å². The van der Waals surface area contributed by atoms with Crippen LogP contribution in [0.1, 0.15) is 30.3 Å². The summed E-state index contributed by atoms with van der Waals surface area (Å²) in [5.74, 6) is 1.35. The molecule has 6 heteroatoms. The highest BCUT2D eigenvalue weighted by atomic mass is 16.5. The van der Waals surface area contributed by atoms with Gasteiger partial charge in [0.2, 0.25) is 5.89 Å². The maximum atomic E-state index is 5.95. The molecule has 0 amide bonds. The number of ether oxygens (including phenoxy) is 1. The summed E-state index contributed by atoms with van der Waals surface area (Å²) in [5.41, 5.74) is 1.37. The van der Waals surface area contributed by atoms with Crippen LogP contribution in [0, 0.1) is 6.92 Å². The quantitative estimate of drug-likeness (QED) is 0.816. The lowest BCUT2D eigenvalue weighted by atomic mass is 10.1. The van der Waals surface area contributed by atoms with Gasteiger partial charge in [-0.3, -0.25) is 4.90 Å². The van der Waals surface area contributed by atoms with E-state index in [-0.39, 0.29) is 0 Å². The van der Waals surface area contributed by atoms with E-state index in [1.54, 1.807) is 6.92 Å². The molecule has 1 aliphatic rings. The topological polar surface area (TPSA) is 56.3 Å². The van der Waals surface area contributed by atoms with Crippen molar-refractivity contribution >= 4 is 0 Å². The van der Waals surface area contributed by atoms with E-state index in [0.717, 1.165) is 44.7 Å². The van der Waals surface area contributed by atoms with E-state index in [1.807, 2.05) is 0 Å². The Morgan fingerprint density at radius 2 is 2.18 bits per heavy atom. The fraction of sp³-hybridized carbons (Fsp3) is 0.625. The summed E-state index contributed by atoms with van der Waals surface area (Å²) < 4.78 is 13.1. The molecule has 0 atom stereocenters. The second-order valence-electron chi connectivity index (χ2n) is 5.94. The molecule has 1 saturated heterocycles. The van der Waals surface area contributed by atoms with Crippen molar-refractivity contribution in [1.29, 1.82) is 0 Å². The van der Waals surface area contributed by atoms with Crippen molar-refractivity contribution in [1.82, 2.24) is 19.6 Å². The molecule has 2 aromatic rings. The summed E-state index contributed by atoms with van der Waals surface area (Å²) in [5, 5.41) is 3.88. The highest BCUT2D eigenvalue weighted by molar-refractivity contribution is 5.06. The fourth-order valence-electron chi connectivity index (χ4n) is 2.88. The Morgan fingerprint density at radius 1 is 1.36 bits per heavy atom. The first-order chi connectivity index (χ1) is 10.7. The van der Waals surface area contributed by atoms with Gasteiger partial charge in [0.05, 0.1) is 12.7 Å². The molecule has 3 rings (SSSR count). The number of rotatable bonds is 6. The van der Waals surface area contributed by atoms with Crippen LogP contribution < -0.4 is 0 Å². The monoisotopic (exact) mass is 304 g/mol. The van der Waals surface area contributed by atoms with Crippen LogP contribution in [0.5, 0.6) is 0 Å². The summed E-state index contributed by atoms with van der Waals surface area (Å²) in [4.78, 5) is 6.68. The maximum absolute atomic E-state index is 5.95. The molecule has 120 valence electrons. The Balaban J connectivity index is 1.36. The van der Waals surface area contributed by atoms with Gasteiger partial charge in [-0.2, -0.15) is 4.98 Å². The van der Waals surface area contributed by atoms with Crippen LogP contribution in [0.3, 0.4) is 0 Å². The van der Waals surface area contributed by atoms with Crippen molar-refractivity contribution in [3.63, 3.8) is 0 Å². The minimum Gasteiger partial charge on any atom is -0.378 e. The van der Waals surface area contributed by atoms with Crippen LogP contribution in [-0.4, -0.2) is 45.4 Å². The Kier molecular flexibility index (Phi) is 4.90. The molecule has 0 spiro atoms. The van der Waals surface area contributed by atoms with E-state index in [0.29, 0.717) is 18.6 Å². The second-order valence-corrected chi connectivity index (χ2v) is 5.94. The molecule has 0 bridgehead atoms. The standard InChI is InChI=1S/C16H24N4O2/c1-13-17-16(18-22-13)7-11-21-15-5-9-20(10-6-15)12-14-4-3-8-19(14)2/h3-4,8,15H,5-7,9-12H2,1-2H3. The van der Waals surface area contributed by atoms with Gasteiger partial charge in [-0.25, -0.2) is 0 Å². The van der Waals surface area contributed by atoms with Crippen molar-refractivity contribution in [2.24, 2.45) is 7.05 Å². The molecule has 2 aromatic heterocycles. The molecule has 1 aliphatic heterocycles. The average molecular weight is 304 g/mol. The second kappa shape index (κ2) is 7.07. The van der Waals surface area contributed by atoms with Crippen molar-refractivity contribution in [2.75, 3.05) is 19.7 Å². The van der Waals surface area contributed by atoms with Crippen LogP contribution >= 0.6 is 0 Å². The van der Waals surface area contributed by atoms with Gasteiger partial charge in [0.25, 0.3) is 0 Å². The van der Waals surface area contributed by atoms with Crippen LogP contribution in [-0.2, 0) is 24.8 Å². The molecule has 0 saturated carbocycles. The van der Waals surface area contributed by atoms with E-state index in [4.69, 9.17) is 9.26 Å². The SMILES string of the molecule is Cc1nc(CCOC2CCN(Cc3cccn3C)CC2)no1. The molecule has 0 aliphatic carbocycles. The third kappa shape index (κ3) is 3.96. The maximum Gasteiger partial charge on any atom is 0.223 e. The molecular formula is C16H24N4O2. The lowest BCUT2D eigenvalue weighted by Gasteiger charge is -2.31. The highest BCUT2D eigenvalue weighted by Crippen LogP contribution is 2.16. The third-order valence-electron chi connectivity index (χ3n) is 4.22. The molecule has 6 nitrogen and oxygen atoms in total. The molecule has 1 fully saturated rings. The van der Waals surface area contributed by atoms with Gasteiger partial charge in [-0.05, 0) is 25.0 Å². The largest absolute Gasteiger partial charge is 0.378 e. The minimum absolute atomic E-state index is 0.359. The first-order valence-corrected chi connectivity index (χ1v) is 7.94. The van der Waals surface area contributed by atoms with Crippen molar-refractivity contribution in [3.05, 3.63) is 35.7 Å². The van der Waals surface area contributed by atoms with Crippen molar-refractivity contribution in [3.8, 4) is 0 Å². The summed E-state index contributed by atoms with van der Waals surface area (Å²) in [6, 6.07) is 4.29. The van der Waals surface area contributed by atoms with E-state index >= 15 is 0 Å². The lowest BCUT2D eigenvalue weighted by Crippen LogP contribution is -2.37. The Labute approximate surface area is 131 Å². The molecular weight excluding hydrogens is 280 g/mol. The Morgan fingerprint density at radius 3 is 2.82 bits per heavy atom. The number of aromatic nitrogens is 3. The molecule has 3 heterocycles. The average Bonchev–Trinajstić information content (AvgIpc) is 3.10. The fourth-order valence-corrected chi connectivity index (χ4v) is 2.88. The van der Waals surface area contributed by atoms with Crippen LogP contribution in [0.4, 0.5) is 0 Å². The van der Waals surface area contributed by atoms with Gasteiger partial charge < -0.3 is 13.8 Å². The Bertz CT molecular complexity index is 584. The molecule has 0 radical (unpaired) electrons. The highest BCUT2D eigenvalue weighted by Gasteiger charge is 2.20. The van der Waals surface area contributed by atoms with Gasteiger partial charge in [-0.15, -0.1) is 0 Å². The van der Waals surface area contributed by atoms with E-state index in [9.17, 15) is 0 Å². The number of hydrogen-bond donors (Lipinski definition) is 0. The van der Waals surface area contributed by atoms with Gasteiger partial charge in [-0.1, -0.05) is 5.16 Å². The van der Waals surface area contributed by atoms with Crippen molar-refractivity contribution < 1.29 is 9.26 Å². The van der Waals surface area contributed by atoms with Gasteiger partial charge in [0.1, 0.15) is 0 Å². The third-order valence-corrected chi connectivity index (χ3v) is 4.22. The smallest absolute Gasteiger partial charge is 0.223 e. The predicted octanol–water partition coefficient (Wildman–Crippen LogP) is 1.94. The lowest BCUT2D eigenvalue weighted by molar-refractivity contribution is 0.00639. The normalized spacial score (nSPS) is 17.2. The summed E-state index contributed by atoms with van der Waals surface area (Å²) in [6.07, 6.45) is 5.37. The van der Waals surface area contributed by atoms with E-state index < -0.39 is 0 Å². The number of nitrogens with zero attached hydrogens (tertiary/aromatic N) is 4. The van der Waals surface area contributed by atoms with E-state index in [2.05, 4.69) is 45.0 Å². The zero-order valence-electron chi connectivity index (χ0n) is 13.4. The molecule has 22 heavy (non-hydrogen) atoms. The van der Waals surface area contributed by atoms with Gasteiger partial charge in [0, 0.05) is 51.9 Å². The zero-order valence-corrected chi connectivity index (χ0v) is 13.4. The van der Waals surface area contributed by atoms with Gasteiger partial charge in [0.15, 0.2) is 5.82 Å².